The van der Waals surface area contributed by atoms with Crippen molar-refractivity contribution in [1.29, 1.82) is 0 Å². The predicted octanol–water partition coefficient (Wildman–Crippen LogP) is 0.970. The molecule has 0 unspecified atom stereocenters. The molecule has 4 heteroatoms. The zero-order valence-corrected chi connectivity index (χ0v) is 4.37. The van der Waals surface area contributed by atoms with Crippen molar-refractivity contribution in [3.05, 3.63) is 22.4 Å². The number of aromatic nitrogens is 1. The molecule has 0 aromatic heterocycles. The quantitative estimate of drug-likeness (QED) is 0.418. The maximum Gasteiger partial charge on any atom is 0.305 e. The van der Waals surface area contributed by atoms with E-state index in [9.17, 15) is 10.1 Å². The minimum absolute atomic E-state index is 0.192. The van der Waals surface area contributed by atoms with Crippen molar-refractivity contribution in [3.63, 3.8) is 0 Å². The van der Waals surface area contributed by atoms with Gasteiger partial charge in [0.15, 0.2) is 5.69 Å². The van der Waals surface area contributed by atoms with Gasteiger partial charge in [-0.15, -0.1) is 0 Å². The van der Waals surface area contributed by atoms with E-state index in [-0.39, 0.29) is 5.69 Å². The highest BCUT2D eigenvalue weighted by molar-refractivity contribution is 5.96. The summed E-state index contributed by atoms with van der Waals surface area (Å²) < 4.78 is 0. The van der Waals surface area contributed by atoms with Crippen LogP contribution in [0.3, 0.4) is 0 Å². The standard InChI is InChI=1S/C5H2N2O2/c8-7(9)5-3-1-2-6-4(3)5/h1-2H. The smallest absolute Gasteiger partial charge is 0.258 e. The summed E-state index contributed by atoms with van der Waals surface area (Å²) in [5.41, 5.74) is 1.44. The molecule has 0 amide bonds. The third-order valence-electron chi connectivity index (χ3n) is 1.30. The lowest BCUT2D eigenvalue weighted by atomic mass is 10.6. The maximum atomic E-state index is 10.0. The fraction of sp³-hybridized carbons (Fsp3) is 0. The number of nitrogens with zero attached hydrogens (tertiary/aromatic N) is 2. The van der Waals surface area contributed by atoms with Gasteiger partial charge < -0.3 is 0 Å². The first-order chi connectivity index (χ1) is 4.30. The van der Waals surface area contributed by atoms with Gasteiger partial charge in [0.25, 0.3) is 0 Å². The van der Waals surface area contributed by atoms with E-state index in [0.29, 0.717) is 11.3 Å². The van der Waals surface area contributed by atoms with Gasteiger partial charge in [0, 0.05) is 6.20 Å². The van der Waals surface area contributed by atoms with E-state index < -0.39 is 4.92 Å². The summed E-state index contributed by atoms with van der Waals surface area (Å²) in [6.45, 7) is 0. The topological polar surface area (TPSA) is 56.0 Å². The fourth-order valence-corrected chi connectivity index (χ4v) is 0.841. The summed E-state index contributed by atoms with van der Waals surface area (Å²) in [4.78, 5) is 13.3. The molecule has 0 bridgehead atoms. The number of rotatable bonds is 1. The third kappa shape index (κ3) is 0.394. The van der Waals surface area contributed by atoms with Crippen LogP contribution in [0.5, 0.6) is 0 Å². The van der Waals surface area contributed by atoms with Crippen molar-refractivity contribution < 1.29 is 4.92 Å². The van der Waals surface area contributed by atoms with E-state index in [1.54, 1.807) is 12.3 Å². The van der Waals surface area contributed by atoms with Crippen LogP contribution >= 0.6 is 0 Å². The van der Waals surface area contributed by atoms with Gasteiger partial charge >= 0.3 is 5.69 Å². The Kier molecular flexibility index (Phi) is 0.541. The van der Waals surface area contributed by atoms with E-state index in [4.69, 9.17) is 0 Å². The van der Waals surface area contributed by atoms with E-state index in [1.807, 2.05) is 0 Å². The second-order valence-electron chi connectivity index (χ2n) is 1.81. The van der Waals surface area contributed by atoms with E-state index in [1.165, 1.54) is 0 Å². The second kappa shape index (κ2) is 1.10. The van der Waals surface area contributed by atoms with Gasteiger partial charge in [0.1, 0.15) is 0 Å². The zero-order valence-electron chi connectivity index (χ0n) is 4.37. The molecule has 0 N–H and O–H groups in total. The van der Waals surface area contributed by atoms with Gasteiger partial charge in [-0.2, -0.15) is 0 Å². The first-order valence-corrected chi connectivity index (χ1v) is 2.44. The van der Waals surface area contributed by atoms with Crippen LogP contribution in [0.2, 0.25) is 0 Å². The molecule has 4 nitrogen and oxygen atoms in total. The van der Waals surface area contributed by atoms with Gasteiger partial charge in [0.2, 0.25) is 0 Å². The van der Waals surface area contributed by atoms with Gasteiger partial charge in [-0.25, -0.2) is 4.98 Å². The fourth-order valence-electron chi connectivity index (χ4n) is 0.841. The average molecular weight is 122 g/mol. The van der Waals surface area contributed by atoms with Crippen LogP contribution in [-0.2, 0) is 0 Å². The van der Waals surface area contributed by atoms with Crippen molar-refractivity contribution in [2.75, 3.05) is 0 Å². The minimum atomic E-state index is -0.405. The van der Waals surface area contributed by atoms with Crippen molar-refractivity contribution in [1.82, 2.24) is 4.98 Å². The van der Waals surface area contributed by atoms with Crippen LogP contribution in [0, 0.1) is 10.1 Å². The van der Waals surface area contributed by atoms with E-state index in [2.05, 4.69) is 4.98 Å². The Balaban J connectivity index is 2.53. The van der Waals surface area contributed by atoms with Gasteiger partial charge in [-0.05, 0) is 6.07 Å². The van der Waals surface area contributed by atoms with Crippen molar-refractivity contribution in [2.45, 2.75) is 0 Å². The van der Waals surface area contributed by atoms with Gasteiger partial charge in [-0.3, -0.25) is 10.1 Å². The Labute approximate surface area is 50.3 Å². The highest BCUT2D eigenvalue weighted by Gasteiger charge is 2.37. The molecule has 0 radical (unpaired) electrons. The van der Waals surface area contributed by atoms with Crippen molar-refractivity contribution >= 4 is 5.69 Å². The predicted molar refractivity (Wildman–Crippen MR) is 29.9 cm³/mol. The molecule has 1 heterocycles. The molecule has 0 fully saturated rings. The molecule has 1 aliphatic carbocycles. The number of pyridine rings is 1. The Morgan fingerprint density at radius 1 is 1.67 bits per heavy atom. The number of nitro groups is 1. The molecular formula is C5H2N2O2. The highest BCUT2D eigenvalue weighted by Crippen LogP contribution is 2.47. The summed E-state index contributed by atoms with van der Waals surface area (Å²) in [5.74, 6) is 0. The molecule has 2 aliphatic rings. The van der Waals surface area contributed by atoms with Crippen molar-refractivity contribution in [2.24, 2.45) is 0 Å². The molecule has 0 atom stereocenters. The summed E-state index contributed by atoms with van der Waals surface area (Å²) >= 11 is 0. The van der Waals surface area contributed by atoms with Gasteiger partial charge in [-0.1, -0.05) is 0 Å². The lowest BCUT2D eigenvalue weighted by Crippen LogP contribution is -1.77. The third-order valence-corrected chi connectivity index (χ3v) is 1.30. The summed E-state index contributed by atoms with van der Waals surface area (Å²) in [5, 5.41) is 10.0. The van der Waals surface area contributed by atoms with Crippen LogP contribution in [0.4, 0.5) is 5.69 Å². The van der Waals surface area contributed by atoms with Gasteiger partial charge in [0.05, 0.1) is 10.5 Å². The normalized spacial score (nSPS) is 11.1. The van der Waals surface area contributed by atoms with E-state index in [0.717, 1.165) is 0 Å². The Hall–Kier alpha value is -1.45. The second-order valence-corrected chi connectivity index (χ2v) is 1.81. The molecular weight excluding hydrogens is 120 g/mol. The van der Waals surface area contributed by atoms with E-state index >= 15 is 0 Å². The first-order valence-electron chi connectivity index (χ1n) is 2.44. The molecule has 9 heavy (non-hydrogen) atoms. The van der Waals surface area contributed by atoms with Crippen LogP contribution < -0.4 is 0 Å². The van der Waals surface area contributed by atoms with Crippen LogP contribution in [0.15, 0.2) is 12.3 Å². The number of fused-ring (bicyclic) bond motifs is 1. The Morgan fingerprint density at radius 2 is 2.44 bits per heavy atom. The Bertz CT molecular complexity index is 275. The largest absolute Gasteiger partial charge is 0.305 e. The molecule has 2 rings (SSSR count). The SMILES string of the molecule is O=[N+]([O-])c1c2ccnc1-2. The molecule has 0 saturated carbocycles. The summed E-state index contributed by atoms with van der Waals surface area (Å²) in [6.07, 6.45) is 1.57. The monoisotopic (exact) mass is 122 g/mol. The lowest BCUT2D eigenvalue weighted by molar-refractivity contribution is -0.379. The van der Waals surface area contributed by atoms with Crippen LogP contribution in [0.1, 0.15) is 0 Å². The van der Waals surface area contributed by atoms with Crippen molar-refractivity contribution in [3.8, 4) is 11.3 Å². The lowest BCUT2D eigenvalue weighted by Gasteiger charge is -1.71. The molecule has 0 aromatic carbocycles. The molecule has 0 aromatic rings. The number of hydrogen-bond donors (Lipinski definition) is 0. The summed E-state index contributed by atoms with van der Waals surface area (Å²) in [7, 11) is 0. The number of hydrogen-bond acceptors (Lipinski definition) is 3. The minimum Gasteiger partial charge on any atom is -0.258 e. The zero-order chi connectivity index (χ0) is 6.43. The molecule has 0 saturated heterocycles. The first kappa shape index (κ1) is 4.43. The molecule has 1 aliphatic heterocycles. The summed E-state index contributed by atoms with van der Waals surface area (Å²) in [6, 6.07) is 1.65. The average Bonchev–Trinajstić information content (AvgIpc) is 2.30. The van der Waals surface area contributed by atoms with Crippen LogP contribution in [-0.4, -0.2) is 9.91 Å². The highest BCUT2D eigenvalue weighted by atomic mass is 16.6. The maximum absolute atomic E-state index is 10.0. The molecule has 0 spiro atoms. The molecule has 44 valence electrons. The van der Waals surface area contributed by atoms with Crippen LogP contribution in [0.25, 0.3) is 11.3 Å². The Morgan fingerprint density at radius 3 is 2.78 bits per heavy atom.